The molecule has 4 atom stereocenters. The fourth-order valence-corrected chi connectivity index (χ4v) is 0.833. The third-order valence-electron chi connectivity index (χ3n) is 1.58. The summed E-state index contributed by atoms with van der Waals surface area (Å²) >= 11 is 0. The molecule has 0 amide bonds. The number of hydrogen-bond acceptors (Lipinski definition) is 5. The Bertz CT molecular complexity index is 136. The molecule has 0 aromatic rings. The predicted molar refractivity (Wildman–Crippen MR) is 40.6 cm³/mol. The van der Waals surface area contributed by atoms with Crippen LogP contribution in [-0.4, -0.2) is 53.1 Å². The first kappa shape index (κ1) is 11.5. The molecular formula is C7H14O5. The van der Waals surface area contributed by atoms with Crippen LogP contribution in [0.15, 0.2) is 0 Å². The lowest BCUT2D eigenvalue weighted by Crippen LogP contribution is -2.45. The van der Waals surface area contributed by atoms with Crippen LogP contribution in [0.3, 0.4) is 0 Å². The first-order valence-corrected chi connectivity index (χ1v) is 3.56. The molecule has 0 aliphatic carbocycles. The van der Waals surface area contributed by atoms with Crippen molar-refractivity contribution in [2.24, 2.45) is 0 Å². The number of aliphatic hydroxyl groups is 3. The minimum Gasteiger partial charge on any atom is -0.391 e. The van der Waals surface area contributed by atoms with Gasteiger partial charge in [0.1, 0.15) is 18.3 Å². The molecule has 0 aromatic heterocycles. The zero-order chi connectivity index (χ0) is 9.72. The van der Waals surface area contributed by atoms with Gasteiger partial charge in [0.2, 0.25) is 0 Å². The van der Waals surface area contributed by atoms with Gasteiger partial charge in [0.05, 0.1) is 6.10 Å². The Balaban J connectivity index is 4.22. The van der Waals surface area contributed by atoms with Gasteiger partial charge >= 0.3 is 0 Å². The molecule has 0 aromatic carbocycles. The van der Waals surface area contributed by atoms with Gasteiger partial charge in [-0.3, -0.25) is 0 Å². The normalized spacial score (nSPS) is 21.1. The van der Waals surface area contributed by atoms with Crippen molar-refractivity contribution in [3.05, 3.63) is 0 Å². The lowest BCUT2D eigenvalue weighted by molar-refractivity contribution is -0.138. The third kappa shape index (κ3) is 2.86. The van der Waals surface area contributed by atoms with E-state index in [9.17, 15) is 9.90 Å². The summed E-state index contributed by atoms with van der Waals surface area (Å²) in [5, 5.41) is 27.1. The van der Waals surface area contributed by atoms with Crippen LogP contribution in [0, 0.1) is 0 Å². The second kappa shape index (κ2) is 5.21. The average molecular weight is 178 g/mol. The SMILES string of the molecule is CO[C@H]([C@H](O)[C@@H](C)O)[C@@H](O)C=O. The zero-order valence-electron chi connectivity index (χ0n) is 7.04. The molecule has 0 heterocycles. The van der Waals surface area contributed by atoms with Crippen LogP contribution >= 0.6 is 0 Å². The van der Waals surface area contributed by atoms with Gasteiger partial charge in [0, 0.05) is 7.11 Å². The number of aldehydes is 1. The first-order chi connectivity index (χ1) is 5.54. The van der Waals surface area contributed by atoms with Gasteiger partial charge < -0.3 is 24.9 Å². The topological polar surface area (TPSA) is 87.0 Å². The maximum Gasteiger partial charge on any atom is 0.151 e. The van der Waals surface area contributed by atoms with Crippen LogP contribution in [0.2, 0.25) is 0 Å². The van der Waals surface area contributed by atoms with E-state index in [0.29, 0.717) is 0 Å². The second-order valence-corrected chi connectivity index (χ2v) is 2.56. The highest BCUT2D eigenvalue weighted by atomic mass is 16.5. The Morgan fingerprint density at radius 2 is 1.83 bits per heavy atom. The number of carbonyl (C=O) groups excluding carboxylic acids is 1. The van der Waals surface area contributed by atoms with E-state index >= 15 is 0 Å². The summed E-state index contributed by atoms with van der Waals surface area (Å²) in [6.07, 6.45) is -4.57. The van der Waals surface area contributed by atoms with Crippen LogP contribution in [0.25, 0.3) is 0 Å². The maximum absolute atomic E-state index is 10.1. The van der Waals surface area contributed by atoms with Crippen molar-refractivity contribution in [3.63, 3.8) is 0 Å². The monoisotopic (exact) mass is 178 g/mol. The Hall–Kier alpha value is -0.490. The predicted octanol–water partition coefficient (Wildman–Crippen LogP) is -1.70. The summed E-state index contributed by atoms with van der Waals surface area (Å²) in [7, 11) is 1.24. The standard InChI is InChI=1S/C7H14O5/c1-4(9)6(11)7(12-2)5(10)3-8/h3-7,9-11H,1-2H3/t4-,5+,6-,7+/m1/s1. The number of carbonyl (C=O) groups is 1. The van der Waals surface area contributed by atoms with Crippen molar-refractivity contribution in [2.75, 3.05) is 7.11 Å². The van der Waals surface area contributed by atoms with Crippen molar-refractivity contribution in [2.45, 2.75) is 31.3 Å². The lowest BCUT2D eigenvalue weighted by atomic mass is 10.1. The number of aliphatic hydroxyl groups excluding tert-OH is 3. The molecule has 0 fully saturated rings. The molecule has 0 aliphatic rings. The lowest BCUT2D eigenvalue weighted by Gasteiger charge is -2.24. The molecule has 0 unspecified atom stereocenters. The molecule has 72 valence electrons. The van der Waals surface area contributed by atoms with Crippen molar-refractivity contribution in [1.82, 2.24) is 0 Å². The molecule has 0 spiro atoms. The molecule has 0 saturated carbocycles. The highest BCUT2D eigenvalue weighted by molar-refractivity contribution is 5.56. The Morgan fingerprint density at radius 3 is 2.08 bits per heavy atom. The Kier molecular flexibility index (Phi) is 5.00. The van der Waals surface area contributed by atoms with Gasteiger partial charge in [-0.1, -0.05) is 0 Å². The van der Waals surface area contributed by atoms with Gasteiger partial charge in [-0.15, -0.1) is 0 Å². The van der Waals surface area contributed by atoms with Crippen molar-refractivity contribution >= 4 is 6.29 Å². The summed E-state index contributed by atoms with van der Waals surface area (Å²) in [6.45, 7) is 1.34. The summed E-state index contributed by atoms with van der Waals surface area (Å²) in [5.41, 5.74) is 0. The summed E-state index contributed by atoms with van der Waals surface area (Å²) in [5.74, 6) is 0. The second-order valence-electron chi connectivity index (χ2n) is 2.56. The zero-order valence-corrected chi connectivity index (χ0v) is 7.04. The molecular weight excluding hydrogens is 164 g/mol. The highest BCUT2D eigenvalue weighted by Crippen LogP contribution is 2.06. The van der Waals surface area contributed by atoms with Crippen LogP contribution in [0.5, 0.6) is 0 Å². The Labute approximate surface area is 70.6 Å². The van der Waals surface area contributed by atoms with E-state index in [2.05, 4.69) is 4.74 Å². The van der Waals surface area contributed by atoms with Crippen LogP contribution < -0.4 is 0 Å². The van der Waals surface area contributed by atoms with Crippen molar-refractivity contribution in [3.8, 4) is 0 Å². The number of hydrogen-bond donors (Lipinski definition) is 3. The molecule has 0 rings (SSSR count). The molecule has 12 heavy (non-hydrogen) atoms. The smallest absolute Gasteiger partial charge is 0.151 e. The van der Waals surface area contributed by atoms with Gasteiger partial charge in [0.25, 0.3) is 0 Å². The van der Waals surface area contributed by atoms with E-state index in [1.807, 2.05) is 0 Å². The number of methoxy groups -OCH3 is 1. The maximum atomic E-state index is 10.1. The minimum atomic E-state index is -1.42. The molecule has 3 N–H and O–H groups in total. The summed E-state index contributed by atoms with van der Waals surface area (Å²) in [6, 6.07) is 0. The van der Waals surface area contributed by atoms with Gasteiger partial charge in [-0.25, -0.2) is 0 Å². The fourth-order valence-electron chi connectivity index (χ4n) is 0.833. The first-order valence-electron chi connectivity index (χ1n) is 3.56. The van der Waals surface area contributed by atoms with Crippen LogP contribution in [-0.2, 0) is 9.53 Å². The summed E-state index contributed by atoms with van der Waals surface area (Å²) in [4.78, 5) is 10.1. The molecule has 5 nitrogen and oxygen atoms in total. The van der Waals surface area contributed by atoms with E-state index < -0.39 is 24.4 Å². The molecule has 0 saturated heterocycles. The van der Waals surface area contributed by atoms with E-state index in [4.69, 9.17) is 10.2 Å². The average Bonchev–Trinajstić information content (AvgIpc) is 2.05. The minimum absolute atomic E-state index is 0.250. The quantitative estimate of drug-likeness (QED) is 0.437. The van der Waals surface area contributed by atoms with E-state index in [-0.39, 0.29) is 6.29 Å². The highest BCUT2D eigenvalue weighted by Gasteiger charge is 2.29. The molecule has 0 bridgehead atoms. The van der Waals surface area contributed by atoms with Crippen molar-refractivity contribution in [1.29, 1.82) is 0 Å². The van der Waals surface area contributed by atoms with E-state index in [0.717, 1.165) is 0 Å². The molecule has 5 heteroatoms. The fraction of sp³-hybridized carbons (Fsp3) is 0.857. The van der Waals surface area contributed by atoms with Crippen LogP contribution in [0.1, 0.15) is 6.92 Å². The van der Waals surface area contributed by atoms with Crippen LogP contribution in [0.4, 0.5) is 0 Å². The summed E-state index contributed by atoms with van der Waals surface area (Å²) < 4.78 is 4.63. The van der Waals surface area contributed by atoms with Crippen molar-refractivity contribution < 1.29 is 24.9 Å². The largest absolute Gasteiger partial charge is 0.391 e. The number of ether oxygens (including phenoxy) is 1. The third-order valence-corrected chi connectivity index (χ3v) is 1.58. The molecule has 0 aliphatic heterocycles. The van der Waals surface area contributed by atoms with Gasteiger partial charge in [-0.2, -0.15) is 0 Å². The number of rotatable bonds is 5. The Morgan fingerprint density at radius 1 is 1.33 bits per heavy atom. The molecule has 0 radical (unpaired) electrons. The van der Waals surface area contributed by atoms with Gasteiger partial charge in [0.15, 0.2) is 6.29 Å². The van der Waals surface area contributed by atoms with E-state index in [1.165, 1.54) is 14.0 Å². The van der Waals surface area contributed by atoms with Gasteiger partial charge in [-0.05, 0) is 6.92 Å². The van der Waals surface area contributed by atoms with E-state index in [1.54, 1.807) is 0 Å².